The Kier molecular flexibility index (Phi) is 7.26. The van der Waals surface area contributed by atoms with E-state index in [2.05, 4.69) is 15.2 Å². The van der Waals surface area contributed by atoms with Gasteiger partial charge in [0.05, 0.1) is 7.11 Å². The van der Waals surface area contributed by atoms with Gasteiger partial charge in [-0.05, 0) is 48.6 Å². The van der Waals surface area contributed by atoms with Crippen LogP contribution in [0.2, 0.25) is 0 Å². The number of nitrogens with zero attached hydrogens (tertiary/aromatic N) is 1. The van der Waals surface area contributed by atoms with Crippen molar-refractivity contribution < 1.29 is 22.5 Å². The lowest BCUT2D eigenvalue weighted by molar-refractivity contribution is -0.114. The van der Waals surface area contributed by atoms with E-state index in [1.807, 2.05) is 17.5 Å². The Morgan fingerprint density at radius 2 is 2.10 bits per heavy atom. The molecule has 2 heterocycles. The number of carbonyl (C=O) groups is 1. The molecule has 0 spiro atoms. The topological polar surface area (TPSA) is 111 Å². The molecule has 0 aliphatic rings. The Balaban J connectivity index is 1.82. The largest absolute Gasteiger partial charge is 0.495 e. The predicted octanol–water partition coefficient (Wildman–Crippen LogP) is 3.70. The van der Waals surface area contributed by atoms with E-state index < -0.39 is 10.0 Å². The number of aromatic nitrogens is 1. The van der Waals surface area contributed by atoms with Gasteiger partial charge in [-0.2, -0.15) is 0 Å². The molecule has 10 heteroatoms. The highest BCUT2D eigenvalue weighted by molar-refractivity contribution is 7.89. The van der Waals surface area contributed by atoms with Crippen LogP contribution >= 0.6 is 11.3 Å². The maximum Gasteiger partial charge on any atom is 0.244 e. The van der Waals surface area contributed by atoms with Crippen LogP contribution in [0.15, 0.2) is 45.1 Å². The third kappa shape index (κ3) is 5.81. The van der Waals surface area contributed by atoms with Crippen molar-refractivity contribution in [2.75, 3.05) is 19.0 Å². The van der Waals surface area contributed by atoms with Crippen molar-refractivity contribution in [3.05, 3.63) is 57.6 Å². The van der Waals surface area contributed by atoms with Gasteiger partial charge in [0.2, 0.25) is 15.9 Å². The van der Waals surface area contributed by atoms with E-state index in [4.69, 9.17) is 9.26 Å². The molecule has 8 nitrogen and oxygen atoms in total. The summed E-state index contributed by atoms with van der Waals surface area (Å²) in [6.07, 6.45) is 3.90. The average Bonchev–Trinajstić information content (AvgIpc) is 3.36. The zero-order valence-corrected chi connectivity index (χ0v) is 19.0. The zero-order chi connectivity index (χ0) is 22.4. The molecule has 3 aromatic rings. The second kappa shape index (κ2) is 9.90. The molecule has 0 atom stereocenters. The molecule has 0 saturated carbocycles. The first-order valence-corrected chi connectivity index (χ1v) is 11.8. The number of ether oxygens (including phenoxy) is 1. The highest BCUT2D eigenvalue weighted by atomic mass is 32.2. The smallest absolute Gasteiger partial charge is 0.244 e. The molecule has 1 amide bonds. The molecule has 0 fully saturated rings. The first kappa shape index (κ1) is 22.7. The number of sulfonamides is 1. The number of carbonyl (C=O) groups excluding carboxylic acids is 1. The summed E-state index contributed by atoms with van der Waals surface area (Å²) in [5.74, 6) is 0.365. The van der Waals surface area contributed by atoms with Crippen molar-refractivity contribution in [1.29, 1.82) is 0 Å². The van der Waals surface area contributed by atoms with Gasteiger partial charge in [-0.15, -0.1) is 11.3 Å². The summed E-state index contributed by atoms with van der Waals surface area (Å²) in [6, 6.07) is 8.73. The lowest BCUT2D eigenvalue weighted by Crippen LogP contribution is -2.26. The second-order valence-corrected chi connectivity index (χ2v) is 9.43. The van der Waals surface area contributed by atoms with Gasteiger partial charge in [0, 0.05) is 18.3 Å². The van der Waals surface area contributed by atoms with E-state index in [-0.39, 0.29) is 23.1 Å². The summed E-state index contributed by atoms with van der Waals surface area (Å²) in [7, 11) is -2.36. The van der Waals surface area contributed by atoms with Gasteiger partial charge in [-0.3, -0.25) is 4.79 Å². The average molecular weight is 462 g/mol. The number of aryl methyl sites for hydroxylation is 1. The van der Waals surface area contributed by atoms with Crippen molar-refractivity contribution in [3.63, 3.8) is 0 Å². The second-order valence-electron chi connectivity index (χ2n) is 6.66. The van der Waals surface area contributed by atoms with Crippen LogP contribution in [-0.4, -0.2) is 33.1 Å². The van der Waals surface area contributed by atoms with Gasteiger partial charge in [-0.25, -0.2) is 13.1 Å². The van der Waals surface area contributed by atoms with Crippen LogP contribution in [0.3, 0.4) is 0 Å². The van der Waals surface area contributed by atoms with Crippen LogP contribution in [0.1, 0.15) is 28.8 Å². The van der Waals surface area contributed by atoms with Gasteiger partial charge in [0.25, 0.3) is 0 Å². The zero-order valence-electron chi connectivity index (χ0n) is 17.3. The lowest BCUT2D eigenvalue weighted by Gasteiger charge is -2.11. The van der Waals surface area contributed by atoms with Crippen molar-refractivity contribution in [1.82, 2.24) is 9.88 Å². The molecule has 0 aliphatic carbocycles. The molecule has 0 aliphatic heterocycles. The molecule has 2 aromatic heterocycles. The Morgan fingerprint density at radius 3 is 2.77 bits per heavy atom. The minimum Gasteiger partial charge on any atom is -0.495 e. The molecular weight excluding hydrogens is 438 g/mol. The first-order valence-electron chi connectivity index (χ1n) is 9.42. The number of hydrogen-bond donors (Lipinski definition) is 2. The molecule has 0 radical (unpaired) electrons. The maximum atomic E-state index is 12.9. The minimum absolute atomic E-state index is 0.0409. The Bertz CT molecular complexity index is 1180. The number of hydrogen-bond acceptors (Lipinski definition) is 7. The number of anilines is 1. The van der Waals surface area contributed by atoms with Crippen molar-refractivity contribution in [2.45, 2.75) is 25.2 Å². The van der Waals surface area contributed by atoms with Gasteiger partial charge in [0.15, 0.2) is 5.76 Å². The molecule has 1 aromatic carbocycles. The fraction of sp³-hybridized carbons (Fsp3) is 0.238. The summed E-state index contributed by atoms with van der Waals surface area (Å²) < 4.78 is 38.8. The van der Waals surface area contributed by atoms with E-state index in [0.717, 1.165) is 4.88 Å². The summed E-state index contributed by atoms with van der Waals surface area (Å²) in [5.41, 5.74) is 1.63. The van der Waals surface area contributed by atoms with Crippen LogP contribution < -0.4 is 14.8 Å². The van der Waals surface area contributed by atoms with Gasteiger partial charge in [0.1, 0.15) is 22.0 Å². The van der Waals surface area contributed by atoms with Crippen LogP contribution in [-0.2, 0) is 21.2 Å². The number of thiophene rings is 1. The van der Waals surface area contributed by atoms with Gasteiger partial charge < -0.3 is 14.6 Å². The molecule has 31 heavy (non-hydrogen) atoms. The molecular formula is C21H23N3O5S2. The summed E-state index contributed by atoms with van der Waals surface area (Å²) in [6.45, 7) is 3.39. The predicted molar refractivity (Wildman–Crippen MR) is 121 cm³/mol. The fourth-order valence-electron chi connectivity index (χ4n) is 2.85. The Morgan fingerprint density at radius 1 is 1.29 bits per heavy atom. The standard InChI is InChI=1S/C21H23N3O5S2/c1-14-21(23-15(2)25)19(29-24-14)9-7-16-6-8-18(28-3)20(13-16)31(26,27)22-11-10-17-5-4-12-30-17/h4-9,12-13,22H,10-11H2,1-3H3,(H,23,25). The minimum atomic E-state index is -3.78. The van der Waals surface area contributed by atoms with E-state index in [1.165, 1.54) is 20.1 Å². The van der Waals surface area contributed by atoms with Crippen molar-refractivity contribution in [2.24, 2.45) is 0 Å². The molecule has 0 bridgehead atoms. The molecule has 0 saturated heterocycles. The number of nitrogens with one attached hydrogen (secondary N) is 2. The molecule has 164 valence electrons. The van der Waals surface area contributed by atoms with Crippen LogP contribution in [0, 0.1) is 6.92 Å². The number of benzene rings is 1. The lowest BCUT2D eigenvalue weighted by atomic mass is 10.2. The van der Waals surface area contributed by atoms with Crippen molar-refractivity contribution >= 4 is 45.1 Å². The first-order chi connectivity index (χ1) is 14.8. The van der Waals surface area contributed by atoms with Gasteiger partial charge in [-0.1, -0.05) is 23.4 Å². The molecule has 0 unspecified atom stereocenters. The fourth-order valence-corrected chi connectivity index (χ4v) is 4.79. The van der Waals surface area contributed by atoms with E-state index in [1.54, 1.807) is 42.5 Å². The number of methoxy groups -OCH3 is 1. The number of amides is 1. The molecule has 3 rings (SSSR count). The third-order valence-electron chi connectivity index (χ3n) is 4.34. The van der Waals surface area contributed by atoms with Crippen LogP contribution in [0.25, 0.3) is 12.2 Å². The van der Waals surface area contributed by atoms with Gasteiger partial charge >= 0.3 is 0 Å². The highest BCUT2D eigenvalue weighted by Gasteiger charge is 2.20. The Labute approximate surface area is 185 Å². The van der Waals surface area contributed by atoms with E-state index >= 15 is 0 Å². The van der Waals surface area contributed by atoms with E-state index in [9.17, 15) is 13.2 Å². The van der Waals surface area contributed by atoms with Crippen LogP contribution in [0.4, 0.5) is 5.69 Å². The Hall–Kier alpha value is -2.95. The SMILES string of the molecule is COc1ccc(C=Cc2onc(C)c2NC(C)=O)cc1S(=O)(=O)NCCc1cccs1. The quantitative estimate of drug-likeness (QED) is 0.503. The summed E-state index contributed by atoms with van der Waals surface area (Å²) in [5, 5.41) is 8.48. The normalized spacial score (nSPS) is 11.7. The highest BCUT2D eigenvalue weighted by Crippen LogP contribution is 2.27. The summed E-state index contributed by atoms with van der Waals surface area (Å²) >= 11 is 1.58. The molecule has 2 N–H and O–H groups in total. The van der Waals surface area contributed by atoms with Crippen LogP contribution in [0.5, 0.6) is 5.75 Å². The third-order valence-corrected chi connectivity index (χ3v) is 6.76. The maximum absolute atomic E-state index is 12.9. The number of rotatable bonds is 9. The monoisotopic (exact) mass is 461 g/mol. The van der Waals surface area contributed by atoms with E-state index in [0.29, 0.717) is 29.1 Å². The summed E-state index contributed by atoms with van der Waals surface area (Å²) in [4.78, 5) is 12.5. The van der Waals surface area contributed by atoms with Crippen molar-refractivity contribution in [3.8, 4) is 5.75 Å².